The van der Waals surface area contributed by atoms with E-state index < -0.39 is 0 Å². The summed E-state index contributed by atoms with van der Waals surface area (Å²) in [7, 11) is 0. The SMILES string of the molecule is O=C(CN1CCN(c2ccccn2)CC1)NC12CC3CC(CC(C3)C1)C2. The van der Waals surface area contributed by atoms with Crippen molar-refractivity contribution in [3.05, 3.63) is 24.4 Å². The van der Waals surface area contributed by atoms with Gasteiger partial charge in [0.15, 0.2) is 0 Å². The van der Waals surface area contributed by atoms with E-state index in [-0.39, 0.29) is 11.4 Å². The third-order valence-corrected chi connectivity index (χ3v) is 7.16. The third-order valence-electron chi connectivity index (χ3n) is 7.16. The van der Waals surface area contributed by atoms with E-state index in [1.165, 1.54) is 38.5 Å². The first-order valence-corrected chi connectivity index (χ1v) is 10.4. The number of aromatic nitrogens is 1. The van der Waals surface area contributed by atoms with Gasteiger partial charge in [0.1, 0.15) is 5.82 Å². The maximum Gasteiger partial charge on any atom is 0.234 e. The van der Waals surface area contributed by atoms with Gasteiger partial charge in [-0.1, -0.05) is 6.07 Å². The van der Waals surface area contributed by atoms with E-state index in [2.05, 4.69) is 26.2 Å². The van der Waals surface area contributed by atoms with Crippen LogP contribution in [-0.4, -0.2) is 54.1 Å². The molecule has 140 valence electrons. The molecule has 5 aliphatic rings. The average molecular weight is 354 g/mol. The molecule has 0 radical (unpaired) electrons. The average Bonchev–Trinajstić information content (AvgIpc) is 2.61. The summed E-state index contributed by atoms with van der Waals surface area (Å²) in [6, 6.07) is 6.05. The summed E-state index contributed by atoms with van der Waals surface area (Å²) in [5, 5.41) is 3.51. The molecule has 4 aliphatic carbocycles. The van der Waals surface area contributed by atoms with Gasteiger partial charge >= 0.3 is 0 Å². The number of carbonyl (C=O) groups excluding carboxylic acids is 1. The van der Waals surface area contributed by atoms with Crippen molar-refractivity contribution in [1.82, 2.24) is 15.2 Å². The maximum absolute atomic E-state index is 12.8. The molecule has 26 heavy (non-hydrogen) atoms. The molecule has 1 saturated heterocycles. The number of pyridine rings is 1. The van der Waals surface area contributed by atoms with Crippen LogP contribution in [0.1, 0.15) is 38.5 Å². The van der Waals surface area contributed by atoms with Crippen LogP contribution in [0.3, 0.4) is 0 Å². The van der Waals surface area contributed by atoms with Crippen LogP contribution in [0.15, 0.2) is 24.4 Å². The molecule has 0 aromatic carbocycles. The Morgan fingerprint density at radius 2 is 1.69 bits per heavy atom. The van der Waals surface area contributed by atoms with E-state index in [0.29, 0.717) is 6.54 Å². The minimum absolute atomic E-state index is 0.140. The summed E-state index contributed by atoms with van der Waals surface area (Å²) in [6.07, 6.45) is 9.81. The monoisotopic (exact) mass is 354 g/mol. The normalized spacial score (nSPS) is 36.3. The predicted octanol–water partition coefficient (Wildman–Crippen LogP) is 2.29. The van der Waals surface area contributed by atoms with Crippen molar-refractivity contribution in [2.75, 3.05) is 37.6 Å². The molecule has 6 rings (SSSR count). The van der Waals surface area contributed by atoms with E-state index >= 15 is 0 Å². The third kappa shape index (κ3) is 3.22. The molecule has 1 aromatic heterocycles. The number of amides is 1. The fourth-order valence-corrected chi connectivity index (χ4v) is 6.48. The molecule has 1 N–H and O–H groups in total. The Hall–Kier alpha value is -1.62. The summed E-state index contributed by atoms with van der Waals surface area (Å²) in [5.41, 5.74) is 0.140. The Kier molecular flexibility index (Phi) is 4.15. The topological polar surface area (TPSA) is 48.5 Å². The molecule has 5 fully saturated rings. The van der Waals surface area contributed by atoms with E-state index in [9.17, 15) is 4.79 Å². The van der Waals surface area contributed by atoms with Crippen molar-refractivity contribution in [2.45, 2.75) is 44.1 Å². The summed E-state index contributed by atoms with van der Waals surface area (Å²) in [4.78, 5) is 21.8. The summed E-state index contributed by atoms with van der Waals surface area (Å²) < 4.78 is 0. The van der Waals surface area contributed by atoms with Crippen molar-refractivity contribution in [1.29, 1.82) is 0 Å². The van der Waals surface area contributed by atoms with E-state index in [1.807, 2.05) is 18.3 Å². The van der Waals surface area contributed by atoms with Crippen molar-refractivity contribution in [3.63, 3.8) is 0 Å². The minimum atomic E-state index is 0.140. The molecule has 5 nitrogen and oxygen atoms in total. The van der Waals surface area contributed by atoms with Crippen molar-refractivity contribution in [2.24, 2.45) is 17.8 Å². The number of piperazine rings is 1. The number of hydrogen-bond donors (Lipinski definition) is 1. The van der Waals surface area contributed by atoms with Gasteiger partial charge in [0.25, 0.3) is 0 Å². The fourth-order valence-electron chi connectivity index (χ4n) is 6.48. The standard InChI is InChI=1S/C21H30N4O/c26-20(23-21-12-16-9-17(13-21)11-18(10-16)14-21)15-24-5-7-25(8-6-24)19-3-1-2-4-22-19/h1-4,16-18H,5-15H2,(H,23,26). The van der Waals surface area contributed by atoms with Crippen LogP contribution in [-0.2, 0) is 4.79 Å². The van der Waals surface area contributed by atoms with Crippen LogP contribution in [0.5, 0.6) is 0 Å². The molecule has 0 atom stereocenters. The highest BCUT2D eigenvalue weighted by molar-refractivity contribution is 5.79. The van der Waals surface area contributed by atoms with Gasteiger partial charge < -0.3 is 10.2 Å². The Morgan fingerprint density at radius 3 is 2.27 bits per heavy atom. The van der Waals surface area contributed by atoms with Gasteiger partial charge in [-0.05, 0) is 68.4 Å². The second kappa shape index (κ2) is 6.52. The highest BCUT2D eigenvalue weighted by Gasteiger charge is 2.51. The zero-order valence-corrected chi connectivity index (χ0v) is 15.6. The van der Waals surface area contributed by atoms with Gasteiger partial charge in [-0.25, -0.2) is 4.98 Å². The lowest BCUT2D eigenvalue weighted by Crippen LogP contribution is -2.61. The molecule has 1 aliphatic heterocycles. The van der Waals surface area contributed by atoms with Crippen LogP contribution in [0.2, 0.25) is 0 Å². The molecule has 5 heteroatoms. The fraction of sp³-hybridized carbons (Fsp3) is 0.714. The molecular weight excluding hydrogens is 324 g/mol. The maximum atomic E-state index is 12.8. The van der Waals surface area contributed by atoms with Crippen LogP contribution in [0.4, 0.5) is 5.82 Å². The summed E-state index contributed by atoms with van der Waals surface area (Å²) >= 11 is 0. The molecule has 0 unspecified atom stereocenters. The van der Waals surface area contributed by atoms with Crippen LogP contribution < -0.4 is 10.2 Å². The second-order valence-electron chi connectivity index (χ2n) is 9.20. The molecule has 2 heterocycles. The number of anilines is 1. The van der Waals surface area contributed by atoms with E-state index in [4.69, 9.17) is 0 Å². The first-order chi connectivity index (χ1) is 12.7. The summed E-state index contributed by atoms with van der Waals surface area (Å²) in [6.45, 7) is 4.32. The molecule has 4 bridgehead atoms. The van der Waals surface area contributed by atoms with E-state index in [0.717, 1.165) is 49.8 Å². The number of rotatable bonds is 4. The van der Waals surface area contributed by atoms with Crippen molar-refractivity contribution in [3.8, 4) is 0 Å². The lowest BCUT2D eigenvalue weighted by Gasteiger charge is -2.57. The molecule has 4 saturated carbocycles. The Balaban J connectivity index is 1.14. The van der Waals surface area contributed by atoms with Crippen LogP contribution in [0, 0.1) is 17.8 Å². The first-order valence-electron chi connectivity index (χ1n) is 10.4. The predicted molar refractivity (Wildman–Crippen MR) is 102 cm³/mol. The Morgan fingerprint density at radius 1 is 1.04 bits per heavy atom. The molecule has 1 aromatic rings. The van der Waals surface area contributed by atoms with Crippen LogP contribution >= 0.6 is 0 Å². The number of hydrogen-bond acceptors (Lipinski definition) is 4. The van der Waals surface area contributed by atoms with Gasteiger partial charge in [0, 0.05) is 37.9 Å². The van der Waals surface area contributed by atoms with Crippen LogP contribution in [0.25, 0.3) is 0 Å². The Bertz CT molecular complexity index is 618. The second-order valence-corrected chi connectivity index (χ2v) is 9.20. The van der Waals surface area contributed by atoms with Gasteiger partial charge in [-0.3, -0.25) is 9.69 Å². The zero-order chi connectivity index (χ0) is 17.6. The highest BCUT2D eigenvalue weighted by atomic mass is 16.2. The quantitative estimate of drug-likeness (QED) is 0.901. The minimum Gasteiger partial charge on any atom is -0.354 e. The highest BCUT2D eigenvalue weighted by Crippen LogP contribution is 2.55. The largest absolute Gasteiger partial charge is 0.354 e. The smallest absolute Gasteiger partial charge is 0.234 e. The molecule has 0 spiro atoms. The van der Waals surface area contributed by atoms with Gasteiger partial charge in [0.2, 0.25) is 5.91 Å². The number of carbonyl (C=O) groups is 1. The summed E-state index contributed by atoms with van der Waals surface area (Å²) in [5.74, 6) is 3.93. The van der Waals surface area contributed by atoms with Crippen molar-refractivity contribution < 1.29 is 4.79 Å². The Labute approximate surface area is 156 Å². The zero-order valence-electron chi connectivity index (χ0n) is 15.6. The first kappa shape index (κ1) is 16.5. The van der Waals surface area contributed by atoms with E-state index in [1.54, 1.807) is 0 Å². The lowest BCUT2D eigenvalue weighted by atomic mass is 9.53. The lowest BCUT2D eigenvalue weighted by molar-refractivity contribution is -0.128. The van der Waals surface area contributed by atoms with Gasteiger partial charge in [-0.2, -0.15) is 0 Å². The van der Waals surface area contributed by atoms with Gasteiger partial charge in [0.05, 0.1) is 6.54 Å². The number of nitrogens with one attached hydrogen (secondary N) is 1. The number of nitrogens with zero attached hydrogens (tertiary/aromatic N) is 3. The molecular formula is C21H30N4O. The molecule has 1 amide bonds. The van der Waals surface area contributed by atoms with Gasteiger partial charge in [-0.15, -0.1) is 0 Å². The van der Waals surface area contributed by atoms with Crippen molar-refractivity contribution >= 4 is 11.7 Å².